The van der Waals surface area contributed by atoms with Crippen molar-refractivity contribution in [1.29, 1.82) is 0 Å². The summed E-state index contributed by atoms with van der Waals surface area (Å²) in [6.45, 7) is 3.74. The van der Waals surface area contributed by atoms with E-state index >= 15 is 4.39 Å². The molecule has 0 unspecified atom stereocenters. The van der Waals surface area contributed by atoms with E-state index in [0.717, 1.165) is 31.2 Å². The number of rotatable bonds is 10. The second kappa shape index (κ2) is 12.8. The van der Waals surface area contributed by atoms with Gasteiger partial charge in [0.15, 0.2) is 0 Å². The van der Waals surface area contributed by atoms with Crippen LogP contribution in [0, 0.1) is 24.4 Å². The second-order valence-corrected chi connectivity index (χ2v) is 10.7. The molecule has 0 spiro atoms. The molecule has 0 N–H and O–H groups in total. The first kappa shape index (κ1) is 30.0. The fraction of sp³-hybridized carbons (Fsp3) is 0.189. The van der Waals surface area contributed by atoms with Crippen LogP contribution < -0.4 is 4.74 Å². The SMILES string of the molecule is CCCCCc1ccc(C(F)(F)Oc2ccc(-c3ccc(-c4ccc(-c5ccc(C)c(F)c5)c(F)c4)c(F)c3)cc2)cc1. The highest BCUT2D eigenvalue weighted by molar-refractivity contribution is 5.74. The lowest BCUT2D eigenvalue weighted by Gasteiger charge is -2.19. The molecule has 0 aliphatic carbocycles. The van der Waals surface area contributed by atoms with Gasteiger partial charge in [-0.3, -0.25) is 0 Å². The van der Waals surface area contributed by atoms with Gasteiger partial charge in [-0.25, -0.2) is 13.2 Å². The van der Waals surface area contributed by atoms with Crippen molar-refractivity contribution in [3.63, 3.8) is 0 Å². The van der Waals surface area contributed by atoms with Gasteiger partial charge in [-0.2, -0.15) is 8.78 Å². The Balaban J connectivity index is 1.28. The summed E-state index contributed by atoms with van der Waals surface area (Å²) in [4.78, 5) is 0. The molecule has 0 radical (unpaired) electrons. The molecular formula is C37H31F5O. The molecule has 0 aromatic heterocycles. The molecule has 0 amide bonds. The molecule has 1 nitrogen and oxygen atoms in total. The molecule has 5 rings (SSSR count). The van der Waals surface area contributed by atoms with Crippen LogP contribution >= 0.6 is 0 Å². The van der Waals surface area contributed by atoms with Gasteiger partial charge in [0.05, 0.1) is 5.56 Å². The number of benzene rings is 5. The Labute approximate surface area is 248 Å². The van der Waals surface area contributed by atoms with Crippen LogP contribution in [0.15, 0.2) is 103 Å². The Kier molecular flexibility index (Phi) is 8.95. The molecule has 0 bridgehead atoms. The molecule has 0 aliphatic heterocycles. The smallest absolute Gasteiger partial charge is 0.426 e. The predicted octanol–water partition coefficient (Wildman–Crippen LogP) is 11.3. The number of unbranched alkanes of at least 4 members (excludes halogenated alkanes) is 2. The van der Waals surface area contributed by atoms with Crippen molar-refractivity contribution in [2.75, 3.05) is 0 Å². The van der Waals surface area contributed by atoms with E-state index in [1.165, 1.54) is 54.6 Å². The molecule has 5 aromatic carbocycles. The summed E-state index contributed by atoms with van der Waals surface area (Å²) >= 11 is 0. The second-order valence-electron chi connectivity index (χ2n) is 10.7. The first-order chi connectivity index (χ1) is 20.6. The summed E-state index contributed by atoms with van der Waals surface area (Å²) in [5, 5.41) is 0. The molecule has 0 aliphatic rings. The van der Waals surface area contributed by atoms with Gasteiger partial charge in [0.2, 0.25) is 0 Å². The van der Waals surface area contributed by atoms with Crippen LogP contribution in [0.25, 0.3) is 33.4 Å². The van der Waals surface area contributed by atoms with E-state index in [2.05, 4.69) is 6.92 Å². The van der Waals surface area contributed by atoms with Crippen LogP contribution in [-0.4, -0.2) is 0 Å². The van der Waals surface area contributed by atoms with E-state index in [9.17, 15) is 17.6 Å². The summed E-state index contributed by atoms with van der Waals surface area (Å²) in [5.41, 5.74) is 3.49. The summed E-state index contributed by atoms with van der Waals surface area (Å²) in [6, 6.07) is 25.5. The summed E-state index contributed by atoms with van der Waals surface area (Å²) in [6.07, 6.45) is 0.545. The zero-order chi connectivity index (χ0) is 30.6. The van der Waals surface area contributed by atoms with Crippen molar-refractivity contribution in [3.05, 3.63) is 137 Å². The highest BCUT2D eigenvalue weighted by Gasteiger charge is 2.34. The highest BCUT2D eigenvalue weighted by atomic mass is 19.3. The Morgan fingerprint density at radius 1 is 0.581 bits per heavy atom. The van der Waals surface area contributed by atoms with Crippen molar-refractivity contribution < 1.29 is 26.7 Å². The van der Waals surface area contributed by atoms with E-state index in [4.69, 9.17) is 4.74 Å². The summed E-state index contributed by atoms with van der Waals surface area (Å²) < 4.78 is 78.8. The number of aryl methyl sites for hydroxylation is 2. The van der Waals surface area contributed by atoms with Crippen LogP contribution in [0.1, 0.15) is 42.9 Å². The normalized spacial score (nSPS) is 11.5. The van der Waals surface area contributed by atoms with Gasteiger partial charge in [-0.1, -0.05) is 80.4 Å². The fourth-order valence-corrected chi connectivity index (χ4v) is 4.97. The van der Waals surface area contributed by atoms with Gasteiger partial charge in [-0.15, -0.1) is 0 Å². The van der Waals surface area contributed by atoms with Gasteiger partial charge in [0, 0.05) is 11.1 Å². The zero-order valence-corrected chi connectivity index (χ0v) is 23.9. The lowest BCUT2D eigenvalue weighted by Crippen LogP contribution is -2.21. The molecular weight excluding hydrogens is 555 g/mol. The molecule has 0 fully saturated rings. The molecule has 0 heterocycles. The van der Waals surface area contributed by atoms with Crippen LogP contribution in [-0.2, 0) is 12.5 Å². The third-order valence-electron chi connectivity index (χ3n) is 7.52. The maximum Gasteiger partial charge on any atom is 0.426 e. The molecule has 43 heavy (non-hydrogen) atoms. The van der Waals surface area contributed by atoms with Crippen molar-refractivity contribution in [3.8, 4) is 39.1 Å². The standard InChI is InChI=1S/C37H31F5O/c1-3-4-5-6-25-8-15-30(16-9-25)37(41,42)43-31-17-11-26(12-18-31)27-13-19-32(35(39)21-27)29-14-20-33(36(40)23-29)28-10-7-24(2)34(38)22-28/h7-23H,3-6H2,1-2H3. The first-order valence-corrected chi connectivity index (χ1v) is 14.3. The Morgan fingerprint density at radius 3 is 1.70 bits per heavy atom. The topological polar surface area (TPSA) is 9.23 Å². The quantitative estimate of drug-likeness (QED) is 0.117. The lowest BCUT2D eigenvalue weighted by molar-refractivity contribution is -0.185. The zero-order valence-electron chi connectivity index (χ0n) is 23.9. The summed E-state index contributed by atoms with van der Waals surface area (Å²) in [7, 11) is 0. The molecule has 220 valence electrons. The van der Waals surface area contributed by atoms with Gasteiger partial charge in [0.1, 0.15) is 23.2 Å². The number of hydrogen-bond acceptors (Lipinski definition) is 1. The molecule has 6 heteroatoms. The Morgan fingerprint density at radius 2 is 1.12 bits per heavy atom. The largest absolute Gasteiger partial charge is 0.429 e. The van der Waals surface area contributed by atoms with E-state index in [1.807, 2.05) is 0 Å². The maximum absolute atomic E-state index is 15.2. The monoisotopic (exact) mass is 586 g/mol. The van der Waals surface area contributed by atoms with Crippen LogP contribution in [0.4, 0.5) is 22.0 Å². The average molecular weight is 587 g/mol. The van der Waals surface area contributed by atoms with E-state index in [1.54, 1.807) is 55.5 Å². The molecule has 0 atom stereocenters. The van der Waals surface area contributed by atoms with Gasteiger partial charge < -0.3 is 4.74 Å². The average Bonchev–Trinajstić information content (AvgIpc) is 2.99. The molecule has 5 aromatic rings. The maximum atomic E-state index is 15.2. The number of alkyl halides is 2. The number of halogens is 5. The van der Waals surface area contributed by atoms with E-state index in [-0.39, 0.29) is 22.4 Å². The van der Waals surface area contributed by atoms with Crippen molar-refractivity contribution in [1.82, 2.24) is 0 Å². The van der Waals surface area contributed by atoms with Crippen LogP contribution in [0.3, 0.4) is 0 Å². The predicted molar refractivity (Wildman–Crippen MR) is 162 cm³/mol. The number of hydrogen-bond donors (Lipinski definition) is 0. The minimum absolute atomic E-state index is 0.0260. The van der Waals surface area contributed by atoms with Gasteiger partial charge >= 0.3 is 6.11 Å². The third-order valence-corrected chi connectivity index (χ3v) is 7.52. The molecule has 0 saturated heterocycles. The van der Waals surface area contributed by atoms with Crippen LogP contribution in [0.5, 0.6) is 5.75 Å². The molecule has 0 saturated carbocycles. The van der Waals surface area contributed by atoms with E-state index < -0.39 is 23.6 Å². The van der Waals surface area contributed by atoms with Crippen molar-refractivity contribution in [2.24, 2.45) is 0 Å². The lowest BCUT2D eigenvalue weighted by atomic mass is 9.96. The summed E-state index contributed by atoms with van der Waals surface area (Å²) in [5.74, 6) is -1.63. The fourth-order valence-electron chi connectivity index (χ4n) is 4.97. The first-order valence-electron chi connectivity index (χ1n) is 14.3. The van der Waals surface area contributed by atoms with E-state index in [0.29, 0.717) is 27.8 Å². The minimum Gasteiger partial charge on any atom is -0.429 e. The third kappa shape index (κ3) is 6.96. The minimum atomic E-state index is -3.52. The van der Waals surface area contributed by atoms with Crippen molar-refractivity contribution >= 4 is 0 Å². The van der Waals surface area contributed by atoms with Gasteiger partial charge in [0.25, 0.3) is 0 Å². The Hall–Kier alpha value is -4.45. The highest BCUT2D eigenvalue weighted by Crippen LogP contribution is 2.35. The number of ether oxygens (including phenoxy) is 1. The van der Waals surface area contributed by atoms with Crippen LogP contribution in [0.2, 0.25) is 0 Å². The Bertz CT molecular complexity index is 1710. The van der Waals surface area contributed by atoms with Crippen molar-refractivity contribution in [2.45, 2.75) is 45.6 Å². The van der Waals surface area contributed by atoms with Gasteiger partial charge in [-0.05, 0) is 95.6 Å².